The Kier molecular flexibility index (Phi) is 6.84. The molecule has 19 heavy (non-hydrogen) atoms. The van der Waals surface area contributed by atoms with E-state index in [0.29, 0.717) is 13.2 Å². The molecule has 2 rings (SSSR count). The van der Waals surface area contributed by atoms with E-state index in [1.54, 1.807) is 0 Å². The summed E-state index contributed by atoms with van der Waals surface area (Å²) in [6.45, 7) is 4.12. The van der Waals surface area contributed by atoms with Crippen molar-refractivity contribution in [2.24, 2.45) is 0 Å². The lowest BCUT2D eigenvalue weighted by atomic mass is 10.1. The first-order valence-electron chi connectivity index (χ1n) is 6.52. The fraction of sp³-hybridized carbons (Fsp3) is 0.500. The number of aryl methyl sites for hydroxylation is 1. The summed E-state index contributed by atoms with van der Waals surface area (Å²) in [5.74, 6) is -0.0641. The first-order valence-corrected chi connectivity index (χ1v) is 6.52. The molecule has 5 heteroatoms. The highest BCUT2D eigenvalue weighted by atomic mass is 35.5. The first kappa shape index (κ1) is 16.0. The van der Waals surface area contributed by atoms with Crippen LogP contribution in [-0.4, -0.2) is 31.7 Å². The summed E-state index contributed by atoms with van der Waals surface area (Å²) in [5, 5.41) is 6.12. The lowest BCUT2D eigenvalue weighted by molar-refractivity contribution is -0.128. The van der Waals surface area contributed by atoms with Crippen LogP contribution in [0.25, 0.3) is 0 Å². The van der Waals surface area contributed by atoms with Gasteiger partial charge < -0.3 is 15.4 Å². The SMILES string of the molecule is CCCc1ccccc1NC(=O)C1CNCCO1.Cl. The molecular weight excluding hydrogens is 264 g/mol. The fourth-order valence-corrected chi connectivity index (χ4v) is 2.08. The van der Waals surface area contributed by atoms with E-state index < -0.39 is 0 Å². The maximum Gasteiger partial charge on any atom is 0.254 e. The second kappa shape index (κ2) is 8.15. The van der Waals surface area contributed by atoms with E-state index in [0.717, 1.165) is 25.1 Å². The molecule has 1 saturated heterocycles. The van der Waals surface area contributed by atoms with Crippen molar-refractivity contribution in [3.8, 4) is 0 Å². The van der Waals surface area contributed by atoms with Gasteiger partial charge >= 0.3 is 0 Å². The molecule has 0 aromatic heterocycles. The zero-order valence-corrected chi connectivity index (χ0v) is 12.0. The Bertz CT molecular complexity index is 406. The van der Waals surface area contributed by atoms with Crippen LogP contribution in [0.2, 0.25) is 0 Å². The Labute approximate surface area is 120 Å². The number of carbonyl (C=O) groups is 1. The molecule has 0 spiro atoms. The van der Waals surface area contributed by atoms with Crippen LogP contribution >= 0.6 is 12.4 Å². The fourth-order valence-electron chi connectivity index (χ4n) is 2.08. The third-order valence-corrected chi connectivity index (χ3v) is 3.01. The van der Waals surface area contributed by atoms with Gasteiger partial charge in [-0.15, -0.1) is 12.4 Å². The summed E-state index contributed by atoms with van der Waals surface area (Å²) in [7, 11) is 0. The molecule has 1 aromatic carbocycles. The number of para-hydroxylation sites is 1. The third kappa shape index (κ3) is 4.49. The molecule has 0 radical (unpaired) electrons. The van der Waals surface area contributed by atoms with Gasteiger partial charge in [-0.1, -0.05) is 31.5 Å². The summed E-state index contributed by atoms with van der Waals surface area (Å²) < 4.78 is 5.44. The van der Waals surface area contributed by atoms with Gasteiger partial charge in [-0.05, 0) is 18.1 Å². The summed E-state index contributed by atoms with van der Waals surface area (Å²) in [6, 6.07) is 7.94. The Balaban J connectivity index is 0.00000180. The van der Waals surface area contributed by atoms with Crippen molar-refractivity contribution >= 4 is 24.0 Å². The van der Waals surface area contributed by atoms with Gasteiger partial charge in [0.05, 0.1) is 6.61 Å². The number of halogens is 1. The summed E-state index contributed by atoms with van der Waals surface area (Å²) in [4.78, 5) is 12.0. The number of hydrogen-bond donors (Lipinski definition) is 2. The minimum absolute atomic E-state index is 0. The number of nitrogens with one attached hydrogen (secondary N) is 2. The zero-order valence-electron chi connectivity index (χ0n) is 11.1. The Morgan fingerprint density at radius 2 is 2.26 bits per heavy atom. The van der Waals surface area contributed by atoms with Gasteiger partial charge in [0.25, 0.3) is 5.91 Å². The number of carbonyl (C=O) groups excluding carboxylic acids is 1. The van der Waals surface area contributed by atoms with Crippen molar-refractivity contribution in [1.29, 1.82) is 0 Å². The second-order valence-corrected chi connectivity index (χ2v) is 4.46. The van der Waals surface area contributed by atoms with Crippen molar-refractivity contribution in [2.45, 2.75) is 25.9 Å². The number of ether oxygens (including phenoxy) is 1. The van der Waals surface area contributed by atoms with Gasteiger partial charge in [-0.25, -0.2) is 0 Å². The van der Waals surface area contributed by atoms with Crippen LogP contribution in [0.15, 0.2) is 24.3 Å². The third-order valence-electron chi connectivity index (χ3n) is 3.01. The summed E-state index contributed by atoms with van der Waals surface area (Å²) >= 11 is 0. The van der Waals surface area contributed by atoms with Crippen molar-refractivity contribution in [3.05, 3.63) is 29.8 Å². The van der Waals surface area contributed by atoms with E-state index in [1.165, 1.54) is 5.56 Å². The molecule has 1 amide bonds. The number of anilines is 1. The molecule has 106 valence electrons. The number of amides is 1. The minimum Gasteiger partial charge on any atom is -0.366 e. The molecule has 0 aliphatic carbocycles. The van der Waals surface area contributed by atoms with Crippen molar-refractivity contribution in [1.82, 2.24) is 5.32 Å². The topological polar surface area (TPSA) is 50.4 Å². The molecule has 1 fully saturated rings. The lowest BCUT2D eigenvalue weighted by Crippen LogP contribution is -2.45. The molecule has 1 aliphatic rings. The van der Waals surface area contributed by atoms with Gasteiger partial charge in [-0.3, -0.25) is 4.79 Å². The highest BCUT2D eigenvalue weighted by molar-refractivity contribution is 5.95. The maximum atomic E-state index is 12.0. The van der Waals surface area contributed by atoms with Crippen LogP contribution in [0.5, 0.6) is 0 Å². The van der Waals surface area contributed by atoms with Crippen LogP contribution in [-0.2, 0) is 16.0 Å². The smallest absolute Gasteiger partial charge is 0.254 e. The largest absolute Gasteiger partial charge is 0.366 e. The summed E-state index contributed by atoms with van der Waals surface area (Å²) in [6.07, 6.45) is 1.66. The van der Waals surface area contributed by atoms with E-state index in [9.17, 15) is 4.79 Å². The van der Waals surface area contributed by atoms with Gasteiger partial charge in [0.1, 0.15) is 6.10 Å². The quantitative estimate of drug-likeness (QED) is 0.889. The second-order valence-electron chi connectivity index (χ2n) is 4.46. The van der Waals surface area contributed by atoms with Gasteiger partial charge in [0.15, 0.2) is 0 Å². The van der Waals surface area contributed by atoms with E-state index in [2.05, 4.69) is 23.6 Å². The van der Waals surface area contributed by atoms with E-state index >= 15 is 0 Å². The molecule has 2 N–H and O–H groups in total. The monoisotopic (exact) mass is 284 g/mol. The van der Waals surface area contributed by atoms with Gasteiger partial charge in [-0.2, -0.15) is 0 Å². The molecule has 0 bridgehead atoms. The zero-order chi connectivity index (χ0) is 12.8. The van der Waals surface area contributed by atoms with E-state index in [-0.39, 0.29) is 24.4 Å². The molecule has 1 aromatic rings. The van der Waals surface area contributed by atoms with Gasteiger partial charge in [0, 0.05) is 18.8 Å². The van der Waals surface area contributed by atoms with Crippen molar-refractivity contribution in [3.63, 3.8) is 0 Å². The van der Waals surface area contributed by atoms with Crippen LogP contribution in [0.1, 0.15) is 18.9 Å². The Morgan fingerprint density at radius 3 is 2.95 bits per heavy atom. The summed E-state index contributed by atoms with van der Waals surface area (Å²) in [5.41, 5.74) is 2.08. The molecular formula is C14H21ClN2O2. The molecule has 1 atom stereocenters. The molecule has 1 aliphatic heterocycles. The van der Waals surface area contributed by atoms with Crippen LogP contribution in [0.4, 0.5) is 5.69 Å². The lowest BCUT2D eigenvalue weighted by Gasteiger charge is -2.23. The average molecular weight is 285 g/mol. The average Bonchev–Trinajstić information content (AvgIpc) is 2.42. The molecule has 1 heterocycles. The predicted molar refractivity (Wildman–Crippen MR) is 78.9 cm³/mol. The number of hydrogen-bond acceptors (Lipinski definition) is 3. The maximum absolute atomic E-state index is 12.0. The number of morpholine rings is 1. The highest BCUT2D eigenvalue weighted by Gasteiger charge is 2.22. The van der Waals surface area contributed by atoms with Crippen LogP contribution in [0, 0.1) is 0 Å². The molecule has 1 unspecified atom stereocenters. The Hall–Kier alpha value is -1.10. The van der Waals surface area contributed by atoms with Crippen LogP contribution in [0.3, 0.4) is 0 Å². The van der Waals surface area contributed by atoms with Crippen molar-refractivity contribution < 1.29 is 9.53 Å². The van der Waals surface area contributed by atoms with E-state index in [1.807, 2.05) is 18.2 Å². The standard InChI is InChI=1S/C14H20N2O2.ClH/c1-2-5-11-6-3-4-7-12(11)16-14(17)13-10-15-8-9-18-13;/h3-4,6-7,13,15H,2,5,8-10H2,1H3,(H,16,17);1H. The molecule has 0 saturated carbocycles. The first-order chi connectivity index (χ1) is 8.81. The van der Waals surface area contributed by atoms with Crippen LogP contribution < -0.4 is 10.6 Å². The van der Waals surface area contributed by atoms with Gasteiger partial charge in [0.2, 0.25) is 0 Å². The highest BCUT2D eigenvalue weighted by Crippen LogP contribution is 2.17. The van der Waals surface area contributed by atoms with E-state index in [4.69, 9.17) is 4.74 Å². The number of benzene rings is 1. The molecule has 4 nitrogen and oxygen atoms in total. The predicted octanol–water partition coefficient (Wildman–Crippen LogP) is 1.99. The Morgan fingerprint density at radius 1 is 1.47 bits per heavy atom. The number of rotatable bonds is 4. The normalized spacial score (nSPS) is 18.5. The van der Waals surface area contributed by atoms with Crippen molar-refractivity contribution in [2.75, 3.05) is 25.0 Å². The minimum atomic E-state index is -0.381.